The van der Waals surface area contributed by atoms with E-state index in [4.69, 9.17) is 4.74 Å². The normalized spacial score (nSPS) is 11.9. The summed E-state index contributed by atoms with van der Waals surface area (Å²) in [5, 5.41) is 4.01. The fraction of sp³-hybridized carbons (Fsp3) is 0.130. The average molecular weight is 387 g/mol. The molecule has 0 aliphatic heterocycles. The largest absolute Gasteiger partial charge is 0.497 e. The number of aromatic amines is 2. The van der Waals surface area contributed by atoms with Crippen molar-refractivity contribution in [3.63, 3.8) is 0 Å². The molecule has 4 rings (SSSR count). The Bertz CT molecular complexity index is 1190. The Kier molecular flexibility index (Phi) is 5.16. The number of ether oxygens (including phenoxy) is 1. The number of benzene rings is 2. The number of carbonyl (C=O) groups is 1. The number of amides is 1. The number of carbonyl (C=O) groups excluding carboxylic acids is 1. The Hall–Kier alpha value is -3.80. The molecule has 2 aromatic heterocycles. The molecular formula is C23H21N3O3. The van der Waals surface area contributed by atoms with Crippen LogP contribution in [0.4, 0.5) is 0 Å². The minimum atomic E-state index is -0.405. The van der Waals surface area contributed by atoms with Gasteiger partial charge >= 0.3 is 0 Å². The lowest BCUT2D eigenvalue weighted by Crippen LogP contribution is -2.32. The van der Waals surface area contributed by atoms with E-state index in [0.717, 1.165) is 27.8 Å². The van der Waals surface area contributed by atoms with Gasteiger partial charge in [-0.2, -0.15) is 0 Å². The molecule has 0 spiro atoms. The van der Waals surface area contributed by atoms with E-state index >= 15 is 0 Å². The van der Waals surface area contributed by atoms with E-state index in [1.807, 2.05) is 48.7 Å². The third-order valence-corrected chi connectivity index (χ3v) is 5.04. The molecule has 1 atom stereocenters. The molecule has 0 fully saturated rings. The Morgan fingerprint density at radius 3 is 2.59 bits per heavy atom. The van der Waals surface area contributed by atoms with Crippen LogP contribution in [0.1, 0.15) is 27.4 Å². The van der Waals surface area contributed by atoms with Gasteiger partial charge in [0, 0.05) is 35.8 Å². The second-order valence-electron chi connectivity index (χ2n) is 6.74. The van der Waals surface area contributed by atoms with Gasteiger partial charge in [0.15, 0.2) is 0 Å². The average Bonchev–Trinajstić information content (AvgIpc) is 3.18. The highest BCUT2D eigenvalue weighted by atomic mass is 16.5. The SMILES string of the molecule is COc1ccc([C@@H](CNC(=O)c2ccc[nH]c2=O)c2c[nH]c3ccccc23)cc1. The first kappa shape index (κ1) is 18.6. The Labute approximate surface area is 167 Å². The number of hydrogen-bond acceptors (Lipinski definition) is 3. The molecule has 0 saturated carbocycles. The van der Waals surface area contributed by atoms with Crippen molar-refractivity contribution in [2.75, 3.05) is 13.7 Å². The zero-order chi connectivity index (χ0) is 20.2. The van der Waals surface area contributed by atoms with Gasteiger partial charge in [-0.25, -0.2) is 0 Å². The first-order valence-corrected chi connectivity index (χ1v) is 9.33. The Morgan fingerprint density at radius 2 is 1.83 bits per heavy atom. The molecule has 0 aliphatic carbocycles. The highest BCUT2D eigenvalue weighted by Gasteiger charge is 2.20. The number of rotatable bonds is 6. The van der Waals surface area contributed by atoms with Gasteiger partial charge in [0.25, 0.3) is 11.5 Å². The molecule has 3 N–H and O–H groups in total. The van der Waals surface area contributed by atoms with Crippen LogP contribution in [0.3, 0.4) is 0 Å². The number of H-pyrrole nitrogens is 2. The maximum Gasteiger partial charge on any atom is 0.260 e. The van der Waals surface area contributed by atoms with E-state index in [1.165, 1.54) is 12.3 Å². The van der Waals surface area contributed by atoms with E-state index in [1.54, 1.807) is 13.2 Å². The highest BCUT2D eigenvalue weighted by molar-refractivity contribution is 5.94. The third-order valence-electron chi connectivity index (χ3n) is 5.04. The molecule has 146 valence electrons. The van der Waals surface area contributed by atoms with Gasteiger partial charge in [-0.15, -0.1) is 0 Å². The maximum absolute atomic E-state index is 12.6. The summed E-state index contributed by atoms with van der Waals surface area (Å²) >= 11 is 0. The molecular weight excluding hydrogens is 366 g/mol. The zero-order valence-electron chi connectivity index (χ0n) is 15.9. The number of para-hydroxylation sites is 1. The summed E-state index contributed by atoms with van der Waals surface area (Å²) in [5.74, 6) is 0.278. The van der Waals surface area contributed by atoms with Crippen LogP contribution in [-0.2, 0) is 0 Å². The minimum Gasteiger partial charge on any atom is -0.497 e. The van der Waals surface area contributed by atoms with Crippen LogP contribution in [0.15, 0.2) is 77.9 Å². The first-order valence-electron chi connectivity index (χ1n) is 9.33. The lowest BCUT2D eigenvalue weighted by atomic mass is 9.90. The van der Waals surface area contributed by atoms with Crippen molar-refractivity contribution < 1.29 is 9.53 Å². The van der Waals surface area contributed by atoms with Crippen LogP contribution in [0.5, 0.6) is 5.75 Å². The van der Waals surface area contributed by atoms with E-state index in [9.17, 15) is 9.59 Å². The standard InChI is InChI=1S/C23H21N3O3/c1-29-16-10-8-15(9-11-16)19(20-14-25-21-7-3-2-5-17(20)21)13-26-23(28)18-6-4-12-24-22(18)27/h2-12,14,19,25H,13H2,1H3,(H,24,27)(H,26,28)/t19-/m1/s1. The van der Waals surface area contributed by atoms with Crippen LogP contribution >= 0.6 is 0 Å². The van der Waals surface area contributed by atoms with Gasteiger partial charge in [-0.3, -0.25) is 9.59 Å². The molecule has 0 bridgehead atoms. The number of hydrogen-bond donors (Lipinski definition) is 3. The molecule has 2 aromatic carbocycles. The van der Waals surface area contributed by atoms with Crippen LogP contribution in [0.25, 0.3) is 10.9 Å². The van der Waals surface area contributed by atoms with Gasteiger partial charge < -0.3 is 20.0 Å². The molecule has 6 nitrogen and oxygen atoms in total. The summed E-state index contributed by atoms with van der Waals surface area (Å²) in [6.45, 7) is 0.349. The summed E-state index contributed by atoms with van der Waals surface area (Å²) < 4.78 is 5.26. The second-order valence-corrected chi connectivity index (χ2v) is 6.74. The Morgan fingerprint density at radius 1 is 1.03 bits per heavy atom. The van der Waals surface area contributed by atoms with Crippen molar-refractivity contribution in [3.8, 4) is 5.75 Å². The molecule has 2 heterocycles. The molecule has 0 saturated heterocycles. The summed E-state index contributed by atoms with van der Waals surface area (Å²) in [4.78, 5) is 30.3. The van der Waals surface area contributed by atoms with Gasteiger partial charge in [-0.05, 0) is 41.5 Å². The van der Waals surface area contributed by atoms with E-state index in [-0.39, 0.29) is 11.5 Å². The summed E-state index contributed by atoms with van der Waals surface area (Å²) in [7, 11) is 1.63. The fourth-order valence-electron chi connectivity index (χ4n) is 3.52. The first-order chi connectivity index (χ1) is 14.2. The summed E-state index contributed by atoms with van der Waals surface area (Å²) in [6.07, 6.45) is 3.48. The van der Waals surface area contributed by atoms with Crippen LogP contribution in [0, 0.1) is 0 Å². The smallest absolute Gasteiger partial charge is 0.260 e. The number of nitrogens with one attached hydrogen (secondary N) is 3. The molecule has 0 unspecified atom stereocenters. The molecule has 0 radical (unpaired) electrons. The molecule has 6 heteroatoms. The summed E-state index contributed by atoms with van der Waals surface area (Å²) in [6, 6.07) is 19.0. The fourth-order valence-corrected chi connectivity index (χ4v) is 3.52. The maximum atomic E-state index is 12.6. The summed E-state index contributed by atoms with van der Waals surface area (Å²) in [5.41, 5.74) is 2.84. The minimum absolute atomic E-state index is 0.0937. The van der Waals surface area contributed by atoms with Crippen molar-refractivity contribution in [2.24, 2.45) is 0 Å². The number of methoxy groups -OCH3 is 1. The van der Waals surface area contributed by atoms with Crippen molar-refractivity contribution in [1.29, 1.82) is 0 Å². The van der Waals surface area contributed by atoms with Gasteiger partial charge in [0.05, 0.1) is 7.11 Å². The van der Waals surface area contributed by atoms with Crippen molar-refractivity contribution >= 4 is 16.8 Å². The molecule has 1 amide bonds. The lowest BCUT2D eigenvalue weighted by molar-refractivity contribution is 0.0951. The van der Waals surface area contributed by atoms with Crippen LogP contribution in [-0.4, -0.2) is 29.5 Å². The molecule has 4 aromatic rings. The van der Waals surface area contributed by atoms with Crippen molar-refractivity contribution in [3.05, 3.63) is 100 Å². The predicted molar refractivity (Wildman–Crippen MR) is 113 cm³/mol. The van der Waals surface area contributed by atoms with Gasteiger partial charge in [0.1, 0.15) is 11.3 Å². The predicted octanol–water partition coefficient (Wildman–Crippen LogP) is 3.43. The second kappa shape index (κ2) is 8.06. The van der Waals surface area contributed by atoms with Crippen molar-refractivity contribution in [2.45, 2.75) is 5.92 Å². The lowest BCUT2D eigenvalue weighted by Gasteiger charge is -2.18. The quantitative estimate of drug-likeness (QED) is 0.474. The van der Waals surface area contributed by atoms with E-state index in [0.29, 0.717) is 6.54 Å². The van der Waals surface area contributed by atoms with E-state index in [2.05, 4.69) is 21.4 Å². The van der Waals surface area contributed by atoms with Crippen molar-refractivity contribution in [1.82, 2.24) is 15.3 Å². The highest BCUT2D eigenvalue weighted by Crippen LogP contribution is 2.31. The van der Waals surface area contributed by atoms with Gasteiger partial charge in [0.2, 0.25) is 0 Å². The van der Waals surface area contributed by atoms with Gasteiger partial charge in [-0.1, -0.05) is 30.3 Å². The number of pyridine rings is 1. The number of fused-ring (bicyclic) bond motifs is 1. The molecule has 29 heavy (non-hydrogen) atoms. The van der Waals surface area contributed by atoms with Crippen LogP contribution in [0.2, 0.25) is 0 Å². The van der Waals surface area contributed by atoms with Crippen LogP contribution < -0.4 is 15.6 Å². The third kappa shape index (κ3) is 3.78. The number of aromatic nitrogens is 2. The topological polar surface area (TPSA) is 87.0 Å². The monoisotopic (exact) mass is 387 g/mol. The molecule has 0 aliphatic rings. The Balaban J connectivity index is 1.67. The zero-order valence-corrected chi connectivity index (χ0v) is 15.9. The van der Waals surface area contributed by atoms with E-state index < -0.39 is 11.5 Å².